The molecule has 0 N–H and O–H groups in total. The van der Waals surface area contributed by atoms with Crippen LogP contribution in [0.5, 0.6) is 0 Å². The monoisotopic (exact) mass is 295 g/mol. The van der Waals surface area contributed by atoms with Crippen molar-refractivity contribution >= 4 is 9.84 Å². The zero-order valence-corrected chi connectivity index (χ0v) is 12.6. The van der Waals surface area contributed by atoms with Gasteiger partial charge in [-0.15, -0.1) is 0 Å². The van der Waals surface area contributed by atoms with E-state index in [1.165, 1.54) is 12.8 Å². The molecule has 1 saturated carbocycles. The first kappa shape index (κ1) is 14.0. The number of benzene rings is 1. The van der Waals surface area contributed by atoms with Crippen molar-refractivity contribution in [3.63, 3.8) is 0 Å². The summed E-state index contributed by atoms with van der Waals surface area (Å²) in [5, 5.41) is 1.92. The molecule has 3 rings (SSSR count). The summed E-state index contributed by atoms with van der Waals surface area (Å²) >= 11 is 0. The van der Waals surface area contributed by atoms with E-state index in [2.05, 4.69) is 6.92 Å². The van der Waals surface area contributed by atoms with Crippen molar-refractivity contribution in [2.24, 2.45) is 5.92 Å². The molecule has 5 heteroatoms. The molecule has 1 heterocycles. The Bertz CT molecular complexity index is 572. The molecule has 1 aromatic carbocycles. The lowest BCUT2D eigenvalue weighted by Crippen LogP contribution is -2.43. The highest BCUT2D eigenvalue weighted by molar-refractivity contribution is 7.91. The minimum atomic E-state index is -3.22. The van der Waals surface area contributed by atoms with Gasteiger partial charge in [0, 0.05) is 18.0 Å². The van der Waals surface area contributed by atoms with Crippen molar-refractivity contribution in [1.82, 2.24) is 5.06 Å². The fourth-order valence-corrected chi connectivity index (χ4v) is 4.62. The maximum absolute atomic E-state index is 12.3. The third kappa shape index (κ3) is 2.38. The molecule has 0 unspecified atom stereocenters. The van der Waals surface area contributed by atoms with Gasteiger partial charge in [-0.1, -0.05) is 24.6 Å². The van der Waals surface area contributed by atoms with Crippen LogP contribution in [-0.2, 0) is 14.7 Å². The fraction of sp³-hybridized carbons (Fsp3) is 0.600. The lowest BCUT2D eigenvalue weighted by Gasteiger charge is -2.32. The Kier molecular flexibility index (Phi) is 3.60. The zero-order valence-electron chi connectivity index (χ0n) is 11.8. The van der Waals surface area contributed by atoms with E-state index in [4.69, 9.17) is 4.84 Å². The highest BCUT2D eigenvalue weighted by atomic mass is 32.2. The Labute approximate surface area is 120 Å². The van der Waals surface area contributed by atoms with Gasteiger partial charge < -0.3 is 0 Å². The topological polar surface area (TPSA) is 46.6 Å². The van der Waals surface area contributed by atoms with Crippen LogP contribution >= 0.6 is 0 Å². The normalized spacial score (nSPS) is 30.6. The molecule has 0 aromatic heterocycles. The molecule has 0 amide bonds. The van der Waals surface area contributed by atoms with Crippen molar-refractivity contribution in [3.05, 3.63) is 30.3 Å². The number of rotatable bonds is 4. The van der Waals surface area contributed by atoms with Gasteiger partial charge in [-0.3, -0.25) is 4.84 Å². The van der Waals surface area contributed by atoms with Gasteiger partial charge in [0.2, 0.25) is 0 Å². The van der Waals surface area contributed by atoms with Crippen LogP contribution in [0.1, 0.15) is 26.2 Å². The predicted molar refractivity (Wildman–Crippen MR) is 76.9 cm³/mol. The Morgan fingerprint density at radius 1 is 1.35 bits per heavy atom. The summed E-state index contributed by atoms with van der Waals surface area (Å²) in [5.41, 5.74) is 0.0339. The first-order valence-corrected chi connectivity index (χ1v) is 8.86. The van der Waals surface area contributed by atoms with Crippen molar-refractivity contribution in [2.75, 3.05) is 18.9 Å². The summed E-state index contributed by atoms with van der Waals surface area (Å²) in [6.07, 6.45) is 3.51. The van der Waals surface area contributed by atoms with E-state index in [0.29, 0.717) is 17.4 Å². The number of hydrogen-bond acceptors (Lipinski definition) is 4. The van der Waals surface area contributed by atoms with E-state index in [1.54, 1.807) is 24.3 Å². The summed E-state index contributed by atoms with van der Waals surface area (Å²) in [5.74, 6) is 0.668. The minimum absolute atomic E-state index is 0.0339. The van der Waals surface area contributed by atoms with Crippen LogP contribution in [0.4, 0.5) is 0 Å². The molecule has 0 radical (unpaired) electrons. The van der Waals surface area contributed by atoms with Crippen LogP contribution in [0, 0.1) is 5.92 Å². The second-order valence-corrected chi connectivity index (χ2v) is 8.09. The van der Waals surface area contributed by atoms with Gasteiger partial charge in [0.1, 0.15) is 0 Å². The summed E-state index contributed by atoms with van der Waals surface area (Å²) in [6.45, 7) is 3.39. The van der Waals surface area contributed by atoms with E-state index in [0.717, 1.165) is 13.0 Å². The van der Waals surface area contributed by atoms with E-state index < -0.39 is 9.84 Å². The maximum atomic E-state index is 12.3. The van der Waals surface area contributed by atoms with Crippen molar-refractivity contribution in [2.45, 2.75) is 36.6 Å². The Morgan fingerprint density at radius 3 is 2.85 bits per heavy atom. The van der Waals surface area contributed by atoms with Crippen molar-refractivity contribution in [3.8, 4) is 0 Å². The van der Waals surface area contributed by atoms with Gasteiger partial charge >= 0.3 is 0 Å². The molecule has 4 nitrogen and oxygen atoms in total. The van der Waals surface area contributed by atoms with Crippen LogP contribution in [-0.4, -0.2) is 37.9 Å². The van der Waals surface area contributed by atoms with E-state index in [-0.39, 0.29) is 11.3 Å². The van der Waals surface area contributed by atoms with E-state index >= 15 is 0 Å². The molecular weight excluding hydrogens is 274 g/mol. The number of hydrogen-bond donors (Lipinski definition) is 0. The lowest BCUT2D eigenvalue weighted by atomic mass is 9.91. The SMILES string of the molecule is C[C@@]12CCC[C@@H]1CON2CCS(=O)(=O)c1ccccc1. The van der Waals surface area contributed by atoms with Crippen molar-refractivity contribution < 1.29 is 13.3 Å². The fourth-order valence-electron chi connectivity index (χ4n) is 3.41. The molecule has 2 fully saturated rings. The summed E-state index contributed by atoms with van der Waals surface area (Å²) in [7, 11) is -3.22. The largest absolute Gasteiger partial charge is 0.298 e. The average molecular weight is 295 g/mol. The molecule has 20 heavy (non-hydrogen) atoms. The van der Waals surface area contributed by atoms with Gasteiger partial charge in [0.05, 0.1) is 17.3 Å². The van der Waals surface area contributed by atoms with Gasteiger partial charge in [-0.25, -0.2) is 8.42 Å². The summed E-state index contributed by atoms with van der Waals surface area (Å²) in [6, 6.07) is 8.65. The number of hydroxylamine groups is 2. The molecule has 0 spiro atoms. The first-order valence-electron chi connectivity index (χ1n) is 7.21. The highest BCUT2D eigenvalue weighted by Gasteiger charge is 2.49. The van der Waals surface area contributed by atoms with Crippen LogP contribution in [0.2, 0.25) is 0 Å². The second-order valence-electron chi connectivity index (χ2n) is 5.98. The van der Waals surface area contributed by atoms with Crippen LogP contribution in [0.25, 0.3) is 0 Å². The van der Waals surface area contributed by atoms with Crippen LogP contribution < -0.4 is 0 Å². The quantitative estimate of drug-likeness (QED) is 0.855. The van der Waals surface area contributed by atoms with Gasteiger partial charge in [-0.2, -0.15) is 5.06 Å². The lowest BCUT2D eigenvalue weighted by molar-refractivity contribution is -0.156. The molecule has 1 aliphatic carbocycles. The molecule has 2 aliphatic rings. The molecule has 2 atom stereocenters. The summed E-state index contributed by atoms with van der Waals surface area (Å²) < 4.78 is 24.6. The van der Waals surface area contributed by atoms with Crippen molar-refractivity contribution in [1.29, 1.82) is 0 Å². The predicted octanol–water partition coefficient (Wildman–Crippen LogP) is 2.27. The third-order valence-electron chi connectivity index (χ3n) is 4.78. The number of fused-ring (bicyclic) bond motifs is 1. The van der Waals surface area contributed by atoms with Gasteiger partial charge in [-0.05, 0) is 31.9 Å². The van der Waals surface area contributed by atoms with Crippen LogP contribution in [0.15, 0.2) is 35.2 Å². The molecule has 1 saturated heterocycles. The number of sulfone groups is 1. The average Bonchev–Trinajstić information content (AvgIpc) is 2.94. The Hall–Kier alpha value is -0.910. The number of nitrogens with zero attached hydrogens (tertiary/aromatic N) is 1. The standard InChI is InChI=1S/C15H21NO3S/c1-15-9-5-6-13(15)12-19-16(15)10-11-20(17,18)14-7-3-2-4-8-14/h2-4,7-8,13H,5-6,9-12H2,1H3/t13-,15-/m1/s1. The van der Waals surface area contributed by atoms with Gasteiger partial charge in [0.25, 0.3) is 0 Å². The first-order chi connectivity index (χ1) is 9.52. The molecular formula is C15H21NO3S. The molecule has 110 valence electrons. The second kappa shape index (κ2) is 5.13. The molecule has 1 aromatic rings. The maximum Gasteiger partial charge on any atom is 0.179 e. The zero-order chi connectivity index (χ0) is 14.2. The Balaban J connectivity index is 1.68. The van der Waals surface area contributed by atoms with E-state index in [9.17, 15) is 8.42 Å². The minimum Gasteiger partial charge on any atom is -0.298 e. The highest BCUT2D eigenvalue weighted by Crippen LogP contribution is 2.44. The summed E-state index contributed by atoms with van der Waals surface area (Å²) in [4.78, 5) is 6.12. The van der Waals surface area contributed by atoms with Gasteiger partial charge in [0.15, 0.2) is 9.84 Å². The smallest absolute Gasteiger partial charge is 0.179 e. The Morgan fingerprint density at radius 2 is 2.10 bits per heavy atom. The van der Waals surface area contributed by atoms with E-state index in [1.807, 2.05) is 11.1 Å². The third-order valence-corrected chi connectivity index (χ3v) is 6.49. The van der Waals surface area contributed by atoms with Crippen LogP contribution in [0.3, 0.4) is 0 Å². The molecule has 0 bridgehead atoms. The molecule has 1 aliphatic heterocycles.